The smallest absolute Gasteiger partial charge is 0.223 e. The molecular formula is C31H36F3N3O2. The molecule has 8 heteroatoms. The summed E-state index contributed by atoms with van der Waals surface area (Å²) in [5, 5.41) is 1.15. The van der Waals surface area contributed by atoms with Gasteiger partial charge in [0.1, 0.15) is 24.0 Å². The van der Waals surface area contributed by atoms with Crippen LogP contribution in [0.3, 0.4) is 0 Å². The summed E-state index contributed by atoms with van der Waals surface area (Å²) in [6.45, 7) is 4.03. The van der Waals surface area contributed by atoms with Crippen LogP contribution in [0.15, 0.2) is 36.4 Å². The Labute approximate surface area is 227 Å². The molecule has 1 aromatic heterocycles. The van der Waals surface area contributed by atoms with E-state index < -0.39 is 11.6 Å². The first-order chi connectivity index (χ1) is 18.9. The Morgan fingerprint density at radius 3 is 2.56 bits per heavy atom. The van der Waals surface area contributed by atoms with Gasteiger partial charge >= 0.3 is 0 Å². The number of para-hydroxylation sites is 1. The lowest BCUT2D eigenvalue weighted by atomic mass is 9.88. The van der Waals surface area contributed by atoms with Crippen molar-refractivity contribution in [1.82, 2.24) is 14.8 Å². The molecule has 1 saturated heterocycles. The number of nitrogens with zero attached hydrogens (tertiary/aromatic N) is 2. The van der Waals surface area contributed by atoms with Crippen molar-refractivity contribution in [2.75, 3.05) is 32.9 Å². The summed E-state index contributed by atoms with van der Waals surface area (Å²) in [6, 6.07) is 10.3. The van der Waals surface area contributed by atoms with Crippen molar-refractivity contribution in [2.24, 2.45) is 11.8 Å². The third kappa shape index (κ3) is 5.40. The lowest BCUT2D eigenvalue weighted by Gasteiger charge is -2.41. The highest BCUT2D eigenvalue weighted by molar-refractivity contribution is 5.86. The normalized spacial score (nSPS) is 21.7. The van der Waals surface area contributed by atoms with Gasteiger partial charge < -0.3 is 14.6 Å². The largest absolute Gasteiger partial charge is 0.492 e. The van der Waals surface area contributed by atoms with Gasteiger partial charge in [-0.05, 0) is 56.6 Å². The molecule has 2 atom stereocenters. The van der Waals surface area contributed by atoms with Gasteiger partial charge in [-0.15, -0.1) is 0 Å². The maximum atomic E-state index is 15.1. The predicted octanol–water partition coefficient (Wildman–Crippen LogP) is 5.97. The number of hydrogen-bond donors (Lipinski definition) is 1. The summed E-state index contributed by atoms with van der Waals surface area (Å²) in [6.07, 6.45) is 4.06. The highest BCUT2D eigenvalue weighted by Gasteiger charge is 2.39. The predicted molar refractivity (Wildman–Crippen MR) is 144 cm³/mol. The lowest BCUT2D eigenvalue weighted by Crippen LogP contribution is -2.49. The van der Waals surface area contributed by atoms with Crippen LogP contribution in [0, 0.1) is 23.5 Å². The molecule has 208 valence electrons. The third-order valence-corrected chi connectivity index (χ3v) is 8.65. The van der Waals surface area contributed by atoms with Crippen LogP contribution in [0.5, 0.6) is 5.75 Å². The summed E-state index contributed by atoms with van der Waals surface area (Å²) >= 11 is 0. The molecule has 1 saturated carbocycles. The molecule has 3 heterocycles. The number of alkyl halides is 1. The summed E-state index contributed by atoms with van der Waals surface area (Å²) in [7, 11) is 0. The Balaban J connectivity index is 1.19. The molecule has 1 aliphatic carbocycles. The first-order valence-electron chi connectivity index (χ1n) is 14.2. The zero-order valence-corrected chi connectivity index (χ0v) is 22.4. The van der Waals surface area contributed by atoms with Crippen molar-refractivity contribution in [3.05, 3.63) is 64.9 Å². The van der Waals surface area contributed by atoms with Crippen molar-refractivity contribution in [3.8, 4) is 5.75 Å². The van der Waals surface area contributed by atoms with Crippen LogP contribution in [0.2, 0.25) is 0 Å². The van der Waals surface area contributed by atoms with Crippen LogP contribution in [-0.2, 0) is 17.6 Å². The van der Waals surface area contributed by atoms with Gasteiger partial charge in [0.25, 0.3) is 0 Å². The highest BCUT2D eigenvalue weighted by atomic mass is 19.1. The van der Waals surface area contributed by atoms with Crippen LogP contribution in [0.4, 0.5) is 13.2 Å². The Hall–Kier alpha value is -3.00. The molecule has 3 aliphatic rings. The van der Waals surface area contributed by atoms with E-state index >= 15 is 8.78 Å². The Kier molecular flexibility index (Phi) is 7.31. The first kappa shape index (κ1) is 26.2. The molecule has 1 amide bonds. The summed E-state index contributed by atoms with van der Waals surface area (Å²) in [4.78, 5) is 21.0. The van der Waals surface area contributed by atoms with Gasteiger partial charge in [0, 0.05) is 72.3 Å². The molecule has 0 bridgehead atoms. The topological polar surface area (TPSA) is 48.6 Å². The van der Waals surface area contributed by atoms with Crippen LogP contribution in [-0.4, -0.2) is 59.6 Å². The van der Waals surface area contributed by atoms with Crippen molar-refractivity contribution in [3.63, 3.8) is 0 Å². The monoisotopic (exact) mass is 539 g/mol. The molecule has 0 unspecified atom stereocenters. The SMILES string of the molecule is C[C@@H]1Cc2c([nH]c3ccccc23)[C@@H](CCc2c(F)cc(OCCN3CC(CF)C3)cc2F)N1C(=O)CC1CC1. The average Bonchev–Trinajstić information content (AvgIpc) is 3.62. The Bertz CT molecular complexity index is 1330. The molecule has 2 fully saturated rings. The zero-order chi connectivity index (χ0) is 27.1. The quantitative estimate of drug-likeness (QED) is 0.345. The van der Waals surface area contributed by atoms with Gasteiger partial charge in [-0.3, -0.25) is 14.1 Å². The number of halogens is 3. The van der Waals surface area contributed by atoms with Gasteiger partial charge in [0.2, 0.25) is 5.91 Å². The molecule has 39 heavy (non-hydrogen) atoms. The molecule has 0 spiro atoms. The fourth-order valence-electron chi connectivity index (χ4n) is 6.38. The molecule has 1 N–H and O–H groups in total. The number of benzene rings is 2. The number of likely N-dealkylation sites (tertiary alicyclic amines) is 1. The molecule has 5 nitrogen and oxygen atoms in total. The number of carbonyl (C=O) groups is 1. The number of aromatic nitrogens is 1. The maximum absolute atomic E-state index is 15.1. The van der Waals surface area contributed by atoms with Crippen LogP contribution in [0.1, 0.15) is 55.5 Å². The molecule has 2 aliphatic heterocycles. The van der Waals surface area contributed by atoms with E-state index in [0.29, 0.717) is 45.0 Å². The molecule has 0 radical (unpaired) electrons. The third-order valence-electron chi connectivity index (χ3n) is 8.65. The second-order valence-corrected chi connectivity index (χ2v) is 11.6. The van der Waals surface area contributed by atoms with E-state index in [9.17, 15) is 9.18 Å². The van der Waals surface area contributed by atoms with E-state index in [1.54, 1.807) is 0 Å². The summed E-state index contributed by atoms with van der Waals surface area (Å²) < 4.78 is 48.5. The minimum atomic E-state index is -0.636. The number of ether oxygens (including phenoxy) is 1. The number of nitrogens with one attached hydrogen (secondary N) is 1. The van der Waals surface area contributed by atoms with E-state index in [2.05, 4.69) is 22.9 Å². The van der Waals surface area contributed by atoms with Crippen molar-refractivity contribution in [2.45, 2.75) is 57.5 Å². The number of carbonyl (C=O) groups excluding carboxylic acids is 1. The Morgan fingerprint density at radius 1 is 1.10 bits per heavy atom. The van der Waals surface area contributed by atoms with E-state index in [1.807, 2.05) is 23.1 Å². The maximum Gasteiger partial charge on any atom is 0.223 e. The number of aromatic amines is 1. The van der Waals surface area contributed by atoms with E-state index in [-0.39, 0.29) is 48.3 Å². The average molecular weight is 540 g/mol. The van der Waals surface area contributed by atoms with Gasteiger partial charge in [0.05, 0.1) is 12.7 Å². The second kappa shape index (κ2) is 10.9. The van der Waals surface area contributed by atoms with Gasteiger partial charge in [-0.25, -0.2) is 8.78 Å². The summed E-state index contributed by atoms with van der Waals surface area (Å²) in [5.41, 5.74) is 3.22. The first-order valence-corrected chi connectivity index (χ1v) is 14.2. The number of H-pyrrole nitrogens is 1. The second-order valence-electron chi connectivity index (χ2n) is 11.6. The number of hydrogen-bond acceptors (Lipinski definition) is 3. The molecular weight excluding hydrogens is 503 g/mol. The molecule has 3 aromatic rings. The van der Waals surface area contributed by atoms with Crippen LogP contribution < -0.4 is 4.74 Å². The Morgan fingerprint density at radius 2 is 1.85 bits per heavy atom. The fourth-order valence-corrected chi connectivity index (χ4v) is 6.38. The highest BCUT2D eigenvalue weighted by Crippen LogP contribution is 2.42. The van der Waals surface area contributed by atoms with Crippen molar-refractivity contribution in [1.29, 1.82) is 0 Å². The number of amides is 1. The van der Waals surface area contributed by atoms with Crippen molar-refractivity contribution >= 4 is 16.8 Å². The molecule has 6 rings (SSSR count). The fraction of sp³-hybridized carbons (Fsp3) is 0.516. The van der Waals surface area contributed by atoms with E-state index in [0.717, 1.165) is 35.9 Å². The van der Waals surface area contributed by atoms with Gasteiger partial charge in [-0.2, -0.15) is 0 Å². The minimum Gasteiger partial charge on any atom is -0.492 e. The van der Waals surface area contributed by atoms with Crippen LogP contribution in [0.25, 0.3) is 10.9 Å². The number of fused-ring (bicyclic) bond motifs is 3. The zero-order valence-electron chi connectivity index (χ0n) is 22.4. The van der Waals surface area contributed by atoms with E-state index in [1.165, 1.54) is 17.7 Å². The lowest BCUT2D eigenvalue weighted by molar-refractivity contribution is -0.137. The van der Waals surface area contributed by atoms with Crippen molar-refractivity contribution < 1.29 is 22.7 Å². The standard InChI is InChI=1S/C31H36F3N3O2/c1-19-12-25-23-4-2-3-5-28(23)35-31(25)29(37(19)30(38)13-20-6-7-20)9-8-24-26(33)14-22(15-27(24)34)39-11-10-36-17-21(16-32)18-36/h2-5,14-15,19-21,29,35H,6-13,16-18H2,1H3/t19-,29-/m1/s1. The minimum absolute atomic E-state index is 0.00464. The number of rotatable bonds is 10. The van der Waals surface area contributed by atoms with Gasteiger partial charge in [-0.1, -0.05) is 18.2 Å². The summed E-state index contributed by atoms with van der Waals surface area (Å²) in [5.74, 6) is -0.438. The van der Waals surface area contributed by atoms with Gasteiger partial charge in [0.15, 0.2) is 0 Å². The van der Waals surface area contributed by atoms with Crippen LogP contribution >= 0.6 is 0 Å². The van der Waals surface area contributed by atoms with E-state index in [4.69, 9.17) is 4.74 Å². The molecule has 2 aromatic carbocycles.